The zero-order valence-electron chi connectivity index (χ0n) is 23.1. The predicted molar refractivity (Wildman–Crippen MR) is 150 cm³/mol. The summed E-state index contributed by atoms with van der Waals surface area (Å²) in [6.45, 7) is 10.5. The van der Waals surface area contributed by atoms with Crippen molar-refractivity contribution in [3.63, 3.8) is 0 Å². The fourth-order valence-electron chi connectivity index (χ4n) is 6.57. The summed E-state index contributed by atoms with van der Waals surface area (Å²) in [4.78, 5) is 21.3. The first-order valence-corrected chi connectivity index (χ1v) is 13.9. The fraction of sp³-hybridized carbons (Fsp3) is 0.581. The number of piperidine rings is 1. The number of nitrogens with one attached hydrogen (secondary N) is 1. The highest BCUT2D eigenvalue weighted by molar-refractivity contribution is 5.99. The van der Waals surface area contributed by atoms with Crippen molar-refractivity contribution in [2.24, 2.45) is 0 Å². The molecule has 2 fully saturated rings. The SMILES string of the molecule is CCN(Cc1ccccc1)[C@@H]1CCCC[C@H]1N1CCC(C(=O)Nc2c(C)cccc2C)(N(C)C)CC1. The highest BCUT2D eigenvalue weighted by Gasteiger charge is 2.46. The number of carbonyl (C=O) groups is 1. The minimum atomic E-state index is -0.468. The number of hydrogen-bond donors (Lipinski definition) is 1. The molecule has 0 unspecified atom stereocenters. The van der Waals surface area contributed by atoms with E-state index in [0.29, 0.717) is 12.1 Å². The van der Waals surface area contributed by atoms with Crippen LogP contribution in [0.4, 0.5) is 5.69 Å². The van der Waals surface area contributed by atoms with E-state index >= 15 is 0 Å². The van der Waals surface area contributed by atoms with Crippen LogP contribution in [0.1, 0.15) is 62.1 Å². The fourth-order valence-corrected chi connectivity index (χ4v) is 6.57. The molecule has 0 aromatic heterocycles. The number of likely N-dealkylation sites (tertiary alicyclic amines) is 1. The summed E-state index contributed by atoms with van der Waals surface area (Å²) < 4.78 is 0. The molecule has 2 aromatic rings. The van der Waals surface area contributed by atoms with Crippen LogP contribution in [0.2, 0.25) is 0 Å². The Morgan fingerprint density at radius 3 is 2.22 bits per heavy atom. The zero-order valence-corrected chi connectivity index (χ0v) is 23.1. The Kier molecular flexibility index (Phi) is 8.87. The molecule has 2 aliphatic rings. The topological polar surface area (TPSA) is 38.8 Å². The Hall–Kier alpha value is -2.21. The van der Waals surface area contributed by atoms with Gasteiger partial charge in [-0.05, 0) is 76.9 Å². The van der Waals surface area contributed by atoms with Crippen LogP contribution in [0.15, 0.2) is 48.5 Å². The molecule has 36 heavy (non-hydrogen) atoms. The van der Waals surface area contributed by atoms with E-state index in [1.54, 1.807) is 0 Å². The molecule has 1 N–H and O–H groups in total. The van der Waals surface area contributed by atoms with Gasteiger partial charge in [-0.25, -0.2) is 0 Å². The molecule has 4 rings (SSSR count). The molecule has 1 aliphatic heterocycles. The summed E-state index contributed by atoms with van der Waals surface area (Å²) in [6.07, 6.45) is 6.90. The van der Waals surface area contributed by atoms with E-state index in [1.165, 1.54) is 31.2 Å². The molecule has 2 aromatic carbocycles. The highest BCUT2D eigenvalue weighted by atomic mass is 16.2. The van der Waals surface area contributed by atoms with E-state index in [2.05, 4.69) is 103 Å². The quantitative estimate of drug-likeness (QED) is 0.532. The van der Waals surface area contributed by atoms with Gasteiger partial charge in [0, 0.05) is 37.4 Å². The number of aryl methyl sites for hydroxylation is 2. The van der Waals surface area contributed by atoms with Crippen LogP contribution in [-0.4, -0.2) is 72.0 Å². The van der Waals surface area contributed by atoms with Gasteiger partial charge in [0.2, 0.25) is 5.91 Å². The number of benzene rings is 2. The lowest BCUT2D eigenvalue weighted by Crippen LogP contribution is -2.63. The lowest BCUT2D eigenvalue weighted by Gasteiger charge is -2.50. The Bertz CT molecular complexity index is 977. The summed E-state index contributed by atoms with van der Waals surface area (Å²) in [7, 11) is 4.14. The first kappa shape index (κ1) is 26.8. The standard InChI is InChI=1S/C31H46N4O/c1-6-34(23-26-15-8-7-9-16-26)27-17-10-11-18-28(27)35-21-19-31(20-22-35,33(4)5)30(36)32-29-24(2)13-12-14-25(29)3/h7-9,12-16,27-28H,6,10-11,17-23H2,1-5H3,(H,32,36)/t27-,28-/m1/s1. The molecule has 1 saturated heterocycles. The normalized spacial score (nSPS) is 22.6. The average Bonchev–Trinajstić information content (AvgIpc) is 2.90. The van der Waals surface area contributed by atoms with E-state index in [0.717, 1.165) is 55.8 Å². The smallest absolute Gasteiger partial charge is 0.244 e. The molecule has 1 heterocycles. The van der Waals surface area contributed by atoms with Crippen molar-refractivity contribution in [1.82, 2.24) is 14.7 Å². The summed E-state index contributed by atoms with van der Waals surface area (Å²) >= 11 is 0. The van der Waals surface area contributed by atoms with Gasteiger partial charge in [0.15, 0.2) is 0 Å². The number of nitrogens with zero attached hydrogens (tertiary/aromatic N) is 3. The lowest BCUT2D eigenvalue weighted by atomic mass is 9.81. The summed E-state index contributed by atoms with van der Waals surface area (Å²) in [6, 6.07) is 18.3. The summed E-state index contributed by atoms with van der Waals surface area (Å²) in [5.41, 5.74) is 4.15. The van der Waals surface area contributed by atoms with Crippen molar-refractivity contribution in [2.45, 2.75) is 83.5 Å². The second-order valence-electron chi connectivity index (χ2n) is 11.2. The maximum Gasteiger partial charge on any atom is 0.244 e. The Morgan fingerprint density at radius 2 is 1.61 bits per heavy atom. The Morgan fingerprint density at radius 1 is 0.972 bits per heavy atom. The molecular formula is C31H46N4O. The van der Waals surface area contributed by atoms with Gasteiger partial charge in [0.1, 0.15) is 5.54 Å². The van der Waals surface area contributed by atoms with Gasteiger partial charge in [-0.1, -0.05) is 68.3 Å². The minimum absolute atomic E-state index is 0.143. The number of rotatable bonds is 8. The van der Waals surface area contributed by atoms with Gasteiger partial charge < -0.3 is 5.32 Å². The number of likely N-dealkylation sites (N-methyl/N-ethyl adjacent to an activating group) is 2. The average molecular weight is 491 g/mol. The molecule has 1 saturated carbocycles. The maximum absolute atomic E-state index is 13.8. The van der Waals surface area contributed by atoms with Gasteiger partial charge in [0.05, 0.1) is 0 Å². The first-order chi connectivity index (χ1) is 17.4. The third-order valence-electron chi connectivity index (χ3n) is 8.89. The Labute approximate surface area is 218 Å². The molecule has 2 atom stereocenters. The Balaban J connectivity index is 1.47. The second kappa shape index (κ2) is 11.9. The number of anilines is 1. The van der Waals surface area contributed by atoms with Gasteiger partial charge in [0.25, 0.3) is 0 Å². The van der Waals surface area contributed by atoms with Crippen LogP contribution >= 0.6 is 0 Å². The zero-order chi connectivity index (χ0) is 25.7. The lowest BCUT2D eigenvalue weighted by molar-refractivity contribution is -0.130. The number of hydrogen-bond acceptors (Lipinski definition) is 4. The van der Waals surface area contributed by atoms with Gasteiger partial charge in [-0.2, -0.15) is 0 Å². The molecule has 1 amide bonds. The summed E-state index contributed by atoms with van der Waals surface area (Å²) in [5, 5.41) is 3.32. The van der Waals surface area contributed by atoms with Crippen LogP contribution in [0.25, 0.3) is 0 Å². The largest absolute Gasteiger partial charge is 0.324 e. The molecule has 5 heteroatoms. The van der Waals surface area contributed by atoms with E-state index in [4.69, 9.17) is 0 Å². The summed E-state index contributed by atoms with van der Waals surface area (Å²) in [5.74, 6) is 0.143. The minimum Gasteiger partial charge on any atom is -0.324 e. The van der Waals surface area contributed by atoms with Crippen molar-refractivity contribution in [3.05, 3.63) is 65.2 Å². The predicted octanol–water partition coefficient (Wildman–Crippen LogP) is 5.47. The third kappa shape index (κ3) is 5.69. The van der Waals surface area contributed by atoms with E-state index in [9.17, 15) is 4.79 Å². The molecule has 1 aliphatic carbocycles. The van der Waals surface area contributed by atoms with Gasteiger partial charge in [-0.3, -0.25) is 19.5 Å². The number of amides is 1. The van der Waals surface area contributed by atoms with Crippen LogP contribution in [0.3, 0.4) is 0 Å². The van der Waals surface area contributed by atoms with E-state index < -0.39 is 5.54 Å². The molecule has 0 radical (unpaired) electrons. The van der Waals surface area contributed by atoms with Crippen molar-refractivity contribution in [1.29, 1.82) is 0 Å². The molecular weight excluding hydrogens is 444 g/mol. The molecule has 0 bridgehead atoms. The highest BCUT2D eigenvalue weighted by Crippen LogP contribution is 2.35. The van der Waals surface area contributed by atoms with Crippen molar-refractivity contribution < 1.29 is 4.79 Å². The number of carbonyl (C=O) groups excluding carboxylic acids is 1. The molecule has 196 valence electrons. The van der Waals surface area contributed by atoms with Crippen LogP contribution < -0.4 is 5.32 Å². The van der Waals surface area contributed by atoms with Crippen LogP contribution in [0, 0.1) is 13.8 Å². The van der Waals surface area contributed by atoms with E-state index in [1.807, 2.05) is 0 Å². The van der Waals surface area contributed by atoms with E-state index in [-0.39, 0.29) is 5.91 Å². The monoisotopic (exact) mass is 490 g/mol. The van der Waals surface area contributed by atoms with Crippen LogP contribution in [0.5, 0.6) is 0 Å². The molecule has 5 nitrogen and oxygen atoms in total. The third-order valence-corrected chi connectivity index (χ3v) is 8.89. The second-order valence-corrected chi connectivity index (χ2v) is 11.2. The number of para-hydroxylation sites is 1. The van der Waals surface area contributed by atoms with Crippen molar-refractivity contribution in [3.8, 4) is 0 Å². The van der Waals surface area contributed by atoms with Crippen LogP contribution in [-0.2, 0) is 11.3 Å². The van der Waals surface area contributed by atoms with Gasteiger partial charge in [-0.15, -0.1) is 0 Å². The molecule has 0 spiro atoms. The maximum atomic E-state index is 13.8. The first-order valence-electron chi connectivity index (χ1n) is 13.9. The van der Waals surface area contributed by atoms with Crippen molar-refractivity contribution in [2.75, 3.05) is 39.0 Å². The van der Waals surface area contributed by atoms with Crippen molar-refractivity contribution >= 4 is 11.6 Å². The van der Waals surface area contributed by atoms with Gasteiger partial charge >= 0.3 is 0 Å².